The number of fused-ring (bicyclic) bond motifs is 1. The summed E-state index contributed by atoms with van der Waals surface area (Å²) in [6, 6.07) is 6.34. The highest BCUT2D eigenvalue weighted by molar-refractivity contribution is 6.13. The summed E-state index contributed by atoms with van der Waals surface area (Å²) in [7, 11) is 0. The molecule has 7 nitrogen and oxygen atoms in total. The number of nitrogens with two attached hydrogens (primary N) is 1. The summed E-state index contributed by atoms with van der Waals surface area (Å²) in [5.41, 5.74) is 6.80. The maximum Gasteiger partial charge on any atom is 0.248 e. The van der Waals surface area contributed by atoms with Crippen LogP contribution in [0.1, 0.15) is 64.6 Å². The summed E-state index contributed by atoms with van der Waals surface area (Å²) in [5.74, 6) is -0.996. The van der Waals surface area contributed by atoms with Crippen LogP contribution in [-0.4, -0.2) is 48.8 Å². The van der Waals surface area contributed by atoms with Gasteiger partial charge in [0.1, 0.15) is 6.61 Å². The van der Waals surface area contributed by atoms with Crippen LogP contribution in [0.5, 0.6) is 0 Å². The van der Waals surface area contributed by atoms with Gasteiger partial charge in [0.2, 0.25) is 5.91 Å². The number of carbonyl (C=O) groups is 3. The Balaban J connectivity index is 2.33. The third-order valence-corrected chi connectivity index (χ3v) is 5.80. The number of hydrogen-bond acceptors (Lipinski definition) is 6. The van der Waals surface area contributed by atoms with Crippen LogP contribution in [0.25, 0.3) is 0 Å². The van der Waals surface area contributed by atoms with Crippen LogP contribution < -0.4 is 16.4 Å². The van der Waals surface area contributed by atoms with Gasteiger partial charge in [0, 0.05) is 13.2 Å². The number of nitrogens with one attached hydrogen (secondary N) is 2. The Labute approximate surface area is 191 Å². The summed E-state index contributed by atoms with van der Waals surface area (Å²) in [5, 5.41) is 6.05. The molecular formula is C25H39N3O4. The molecule has 0 aromatic heterocycles. The molecule has 32 heavy (non-hydrogen) atoms. The Bertz CT molecular complexity index is 808. The molecule has 0 bridgehead atoms. The predicted octanol–water partition coefficient (Wildman–Crippen LogP) is 2.32. The van der Waals surface area contributed by atoms with E-state index in [0.717, 1.165) is 17.5 Å². The standard InChI is InChI=1S/C25H39N3O4/c1-6-32-15-21(29)20(13-16(2)3)28-24(31)25(26,14-17(4)5)23(30)22-19-10-8-7-9-18(19)11-12-27-22/h7-10,16-17,20,22,27H,6,11-15,26H2,1-5H3,(H,28,31)/t20-,22?,25+/m0/s1. The van der Waals surface area contributed by atoms with Crippen molar-refractivity contribution in [3.05, 3.63) is 35.4 Å². The van der Waals surface area contributed by atoms with Gasteiger partial charge >= 0.3 is 0 Å². The van der Waals surface area contributed by atoms with E-state index in [1.54, 1.807) is 0 Å². The number of carbonyl (C=O) groups excluding carboxylic acids is 3. The van der Waals surface area contributed by atoms with Crippen molar-refractivity contribution < 1.29 is 19.1 Å². The average molecular weight is 446 g/mol. The molecule has 0 fully saturated rings. The molecule has 178 valence electrons. The maximum atomic E-state index is 13.7. The van der Waals surface area contributed by atoms with E-state index in [2.05, 4.69) is 10.6 Å². The predicted molar refractivity (Wildman–Crippen MR) is 125 cm³/mol. The Hall–Kier alpha value is -2.09. The molecule has 0 saturated heterocycles. The first kappa shape index (κ1) is 26.2. The number of Topliss-reactive ketones (excluding diaryl/α,β-unsaturated/α-hetero) is 2. The molecule has 1 aliphatic rings. The molecule has 3 atom stereocenters. The number of benzene rings is 1. The second-order valence-electron chi connectivity index (χ2n) is 9.53. The Morgan fingerprint density at radius 1 is 1.19 bits per heavy atom. The summed E-state index contributed by atoms with van der Waals surface area (Å²) in [4.78, 5) is 39.9. The Morgan fingerprint density at radius 3 is 2.50 bits per heavy atom. The molecule has 4 N–H and O–H groups in total. The molecule has 1 heterocycles. The van der Waals surface area contributed by atoms with Gasteiger partial charge in [-0.1, -0.05) is 52.0 Å². The minimum Gasteiger partial charge on any atom is -0.374 e. The van der Waals surface area contributed by atoms with Crippen LogP contribution in [0.3, 0.4) is 0 Å². The molecule has 0 spiro atoms. The SMILES string of the molecule is CCOCC(=O)[C@H](CC(C)C)NC(=O)[C@@](N)(CC(C)C)C(=O)C1NCCc2ccccc21. The van der Waals surface area contributed by atoms with Crippen molar-refractivity contribution in [1.82, 2.24) is 10.6 Å². The van der Waals surface area contributed by atoms with E-state index < -0.39 is 23.5 Å². The van der Waals surface area contributed by atoms with Crippen LogP contribution in [-0.2, 0) is 25.5 Å². The highest BCUT2D eigenvalue weighted by Gasteiger charge is 2.47. The lowest BCUT2D eigenvalue weighted by Crippen LogP contribution is -2.65. The first-order valence-electron chi connectivity index (χ1n) is 11.7. The third-order valence-electron chi connectivity index (χ3n) is 5.80. The van der Waals surface area contributed by atoms with Crippen LogP contribution in [0.2, 0.25) is 0 Å². The van der Waals surface area contributed by atoms with Crippen molar-refractivity contribution in [3.8, 4) is 0 Å². The Kier molecular flexibility index (Phi) is 9.55. The molecule has 0 saturated carbocycles. The van der Waals surface area contributed by atoms with Gasteiger partial charge in [-0.2, -0.15) is 0 Å². The molecule has 1 aromatic carbocycles. The summed E-state index contributed by atoms with van der Waals surface area (Å²) in [6.45, 7) is 10.6. The van der Waals surface area contributed by atoms with E-state index >= 15 is 0 Å². The van der Waals surface area contributed by atoms with Gasteiger partial charge in [-0.25, -0.2) is 0 Å². The molecule has 1 unspecified atom stereocenters. The number of hydrogen-bond donors (Lipinski definition) is 3. The van der Waals surface area contributed by atoms with Gasteiger partial charge in [-0.05, 0) is 49.1 Å². The monoisotopic (exact) mass is 445 g/mol. The summed E-state index contributed by atoms with van der Waals surface area (Å²) < 4.78 is 5.26. The van der Waals surface area contributed by atoms with Gasteiger partial charge in [0.05, 0.1) is 12.1 Å². The molecular weight excluding hydrogens is 406 g/mol. The van der Waals surface area contributed by atoms with Crippen molar-refractivity contribution in [3.63, 3.8) is 0 Å². The zero-order valence-electron chi connectivity index (χ0n) is 20.1. The average Bonchev–Trinajstić information content (AvgIpc) is 2.75. The minimum absolute atomic E-state index is 0.0104. The van der Waals surface area contributed by atoms with Crippen molar-refractivity contribution in [2.75, 3.05) is 19.8 Å². The van der Waals surface area contributed by atoms with E-state index in [1.165, 1.54) is 0 Å². The van der Waals surface area contributed by atoms with Gasteiger partial charge in [-0.15, -0.1) is 0 Å². The highest BCUT2D eigenvalue weighted by atomic mass is 16.5. The topological polar surface area (TPSA) is 111 Å². The molecule has 2 rings (SSSR count). The second kappa shape index (κ2) is 11.7. The van der Waals surface area contributed by atoms with Crippen LogP contribution in [0.15, 0.2) is 24.3 Å². The molecule has 1 aliphatic heterocycles. The van der Waals surface area contributed by atoms with Crippen molar-refractivity contribution in [2.45, 2.75) is 71.5 Å². The van der Waals surface area contributed by atoms with Gasteiger partial charge in [-0.3, -0.25) is 14.4 Å². The highest BCUT2D eigenvalue weighted by Crippen LogP contribution is 2.29. The molecule has 7 heteroatoms. The zero-order chi connectivity index (χ0) is 23.9. The van der Waals surface area contributed by atoms with Crippen LogP contribution in [0.4, 0.5) is 0 Å². The van der Waals surface area contributed by atoms with E-state index in [1.807, 2.05) is 58.9 Å². The summed E-state index contributed by atoms with van der Waals surface area (Å²) >= 11 is 0. The van der Waals surface area contributed by atoms with Gasteiger partial charge in [0.25, 0.3) is 0 Å². The molecule has 0 radical (unpaired) electrons. The van der Waals surface area contributed by atoms with Crippen LogP contribution in [0, 0.1) is 11.8 Å². The largest absolute Gasteiger partial charge is 0.374 e. The first-order chi connectivity index (χ1) is 15.1. The smallest absolute Gasteiger partial charge is 0.248 e. The fraction of sp³-hybridized carbons (Fsp3) is 0.640. The quantitative estimate of drug-likeness (QED) is 0.426. The van der Waals surface area contributed by atoms with E-state index in [4.69, 9.17) is 10.5 Å². The zero-order valence-corrected chi connectivity index (χ0v) is 20.1. The molecule has 1 amide bonds. The number of ether oxygens (including phenoxy) is 1. The summed E-state index contributed by atoms with van der Waals surface area (Å²) in [6.07, 6.45) is 1.45. The van der Waals surface area contributed by atoms with E-state index in [0.29, 0.717) is 19.6 Å². The fourth-order valence-electron chi connectivity index (χ4n) is 4.28. The molecule has 1 aromatic rings. The lowest BCUT2D eigenvalue weighted by molar-refractivity contribution is -0.140. The van der Waals surface area contributed by atoms with E-state index in [9.17, 15) is 14.4 Å². The third kappa shape index (κ3) is 6.47. The second-order valence-corrected chi connectivity index (χ2v) is 9.53. The number of ketones is 2. The number of amides is 1. The lowest BCUT2D eigenvalue weighted by Gasteiger charge is -2.36. The first-order valence-corrected chi connectivity index (χ1v) is 11.7. The fourth-order valence-corrected chi connectivity index (χ4v) is 4.28. The Morgan fingerprint density at radius 2 is 1.88 bits per heavy atom. The number of rotatable bonds is 12. The lowest BCUT2D eigenvalue weighted by atomic mass is 9.78. The normalized spacial score (nSPS) is 18.7. The van der Waals surface area contributed by atoms with Gasteiger partial charge in [0.15, 0.2) is 17.1 Å². The van der Waals surface area contributed by atoms with Crippen molar-refractivity contribution in [2.24, 2.45) is 17.6 Å². The maximum absolute atomic E-state index is 13.7. The van der Waals surface area contributed by atoms with Crippen molar-refractivity contribution >= 4 is 17.5 Å². The van der Waals surface area contributed by atoms with Crippen LogP contribution >= 0.6 is 0 Å². The minimum atomic E-state index is -1.75. The van der Waals surface area contributed by atoms with Crippen molar-refractivity contribution in [1.29, 1.82) is 0 Å². The molecule has 0 aliphatic carbocycles. The van der Waals surface area contributed by atoms with Gasteiger partial charge < -0.3 is 21.1 Å². The van der Waals surface area contributed by atoms with E-state index in [-0.39, 0.29) is 36.4 Å².